The van der Waals surface area contributed by atoms with E-state index >= 15 is 0 Å². The maximum Gasteiger partial charge on any atom is 0.200 e. The van der Waals surface area contributed by atoms with Crippen molar-refractivity contribution in [3.63, 3.8) is 0 Å². The monoisotopic (exact) mass is 240 g/mol. The number of carbonyl (C=O) groups excluding carboxylic acids is 1. The van der Waals surface area contributed by atoms with Gasteiger partial charge in [-0.25, -0.2) is 0 Å². The standard InChI is InChI=1S/C16H16O2/c1-12-7-6-8-13(2)16(12)15(17)11-18-14-9-4-3-5-10-14/h3-10H,11H2,1-2H3. The van der Waals surface area contributed by atoms with Crippen molar-refractivity contribution in [3.05, 3.63) is 65.2 Å². The average Bonchev–Trinajstić information content (AvgIpc) is 2.37. The molecule has 2 nitrogen and oxygen atoms in total. The van der Waals surface area contributed by atoms with Gasteiger partial charge < -0.3 is 4.74 Å². The van der Waals surface area contributed by atoms with Crippen LogP contribution in [0.2, 0.25) is 0 Å². The summed E-state index contributed by atoms with van der Waals surface area (Å²) in [7, 11) is 0. The van der Waals surface area contributed by atoms with Crippen LogP contribution < -0.4 is 4.74 Å². The summed E-state index contributed by atoms with van der Waals surface area (Å²) in [4.78, 5) is 12.1. The number of aryl methyl sites for hydroxylation is 2. The highest BCUT2D eigenvalue weighted by Gasteiger charge is 2.12. The second kappa shape index (κ2) is 5.50. The highest BCUT2D eigenvalue weighted by molar-refractivity contribution is 5.99. The molecule has 0 aliphatic carbocycles. The third kappa shape index (κ3) is 2.77. The van der Waals surface area contributed by atoms with Crippen molar-refractivity contribution in [1.82, 2.24) is 0 Å². The molecule has 0 saturated heterocycles. The van der Waals surface area contributed by atoms with Gasteiger partial charge in [0.25, 0.3) is 0 Å². The van der Waals surface area contributed by atoms with E-state index in [-0.39, 0.29) is 12.4 Å². The Kier molecular flexibility index (Phi) is 3.78. The van der Waals surface area contributed by atoms with Gasteiger partial charge >= 0.3 is 0 Å². The summed E-state index contributed by atoms with van der Waals surface area (Å²) < 4.78 is 5.48. The van der Waals surface area contributed by atoms with E-state index in [0.29, 0.717) is 0 Å². The molecule has 0 bridgehead atoms. The van der Waals surface area contributed by atoms with Gasteiger partial charge in [-0.3, -0.25) is 4.79 Å². The molecule has 92 valence electrons. The van der Waals surface area contributed by atoms with E-state index in [1.807, 2.05) is 62.4 Å². The average molecular weight is 240 g/mol. The maximum absolute atomic E-state index is 12.1. The molecule has 0 aromatic heterocycles. The van der Waals surface area contributed by atoms with Gasteiger partial charge in [-0.15, -0.1) is 0 Å². The number of ketones is 1. The number of ether oxygens (including phenoxy) is 1. The van der Waals surface area contributed by atoms with Crippen molar-refractivity contribution >= 4 is 5.78 Å². The minimum atomic E-state index is 0.0226. The summed E-state index contributed by atoms with van der Waals surface area (Å²) in [6.45, 7) is 3.97. The lowest BCUT2D eigenvalue weighted by Gasteiger charge is -2.09. The van der Waals surface area contributed by atoms with E-state index in [4.69, 9.17) is 4.74 Å². The van der Waals surface area contributed by atoms with Gasteiger partial charge in [-0.1, -0.05) is 36.4 Å². The molecule has 0 aliphatic rings. The summed E-state index contributed by atoms with van der Waals surface area (Å²) in [5.74, 6) is 0.742. The Bertz CT molecular complexity index is 524. The molecular weight excluding hydrogens is 224 g/mol. The van der Waals surface area contributed by atoms with Crippen molar-refractivity contribution < 1.29 is 9.53 Å². The van der Waals surface area contributed by atoms with E-state index in [2.05, 4.69) is 0 Å². The first-order valence-electron chi connectivity index (χ1n) is 5.96. The summed E-state index contributed by atoms with van der Waals surface area (Å²) in [6, 6.07) is 15.2. The normalized spacial score (nSPS) is 10.1. The van der Waals surface area contributed by atoms with Crippen LogP contribution in [0.4, 0.5) is 0 Å². The minimum Gasteiger partial charge on any atom is -0.485 e. The van der Waals surface area contributed by atoms with Crippen LogP contribution in [0.1, 0.15) is 21.5 Å². The number of hydrogen-bond acceptors (Lipinski definition) is 2. The van der Waals surface area contributed by atoms with Crippen molar-refractivity contribution in [2.75, 3.05) is 6.61 Å². The smallest absolute Gasteiger partial charge is 0.200 e. The Morgan fingerprint density at radius 3 is 2.17 bits per heavy atom. The lowest BCUT2D eigenvalue weighted by atomic mass is 10.00. The van der Waals surface area contributed by atoms with Gasteiger partial charge in [0.15, 0.2) is 6.61 Å². The molecule has 2 heteroatoms. The van der Waals surface area contributed by atoms with Gasteiger partial charge in [-0.05, 0) is 37.1 Å². The molecule has 0 amide bonds. The summed E-state index contributed by atoms with van der Waals surface area (Å²) in [5, 5.41) is 0. The van der Waals surface area contributed by atoms with E-state index in [0.717, 1.165) is 22.4 Å². The van der Waals surface area contributed by atoms with Crippen molar-refractivity contribution in [3.8, 4) is 5.75 Å². The Labute approximate surface area is 107 Å². The van der Waals surface area contributed by atoms with Crippen molar-refractivity contribution in [2.24, 2.45) is 0 Å². The van der Waals surface area contributed by atoms with E-state index in [1.165, 1.54) is 0 Å². The highest BCUT2D eigenvalue weighted by atomic mass is 16.5. The van der Waals surface area contributed by atoms with Gasteiger partial charge in [0.1, 0.15) is 5.75 Å². The third-order valence-corrected chi connectivity index (χ3v) is 2.87. The Morgan fingerprint density at radius 1 is 0.944 bits per heavy atom. The van der Waals surface area contributed by atoms with Crippen LogP contribution in [0.25, 0.3) is 0 Å². The molecule has 0 radical (unpaired) electrons. The first-order chi connectivity index (χ1) is 8.68. The summed E-state index contributed by atoms with van der Waals surface area (Å²) in [6.07, 6.45) is 0. The molecule has 2 aromatic carbocycles. The first-order valence-corrected chi connectivity index (χ1v) is 5.96. The zero-order chi connectivity index (χ0) is 13.0. The fourth-order valence-corrected chi connectivity index (χ4v) is 1.99. The zero-order valence-electron chi connectivity index (χ0n) is 10.6. The summed E-state index contributed by atoms with van der Waals surface area (Å²) in [5.41, 5.74) is 2.77. The largest absolute Gasteiger partial charge is 0.485 e. The van der Waals surface area contributed by atoms with Crippen molar-refractivity contribution in [2.45, 2.75) is 13.8 Å². The first kappa shape index (κ1) is 12.4. The predicted molar refractivity (Wildman–Crippen MR) is 72.2 cm³/mol. The Balaban J connectivity index is 2.09. The lowest BCUT2D eigenvalue weighted by molar-refractivity contribution is 0.0920. The third-order valence-electron chi connectivity index (χ3n) is 2.87. The molecule has 0 unspecified atom stereocenters. The molecule has 0 heterocycles. The number of para-hydroxylation sites is 1. The number of carbonyl (C=O) groups is 1. The molecule has 0 saturated carbocycles. The van der Waals surface area contributed by atoms with Crippen LogP contribution >= 0.6 is 0 Å². The number of benzene rings is 2. The maximum atomic E-state index is 12.1. The molecular formula is C16H16O2. The molecule has 0 aliphatic heterocycles. The van der Waals surface area contributed by atoms with Gasteiger partial charge in [0.2, 0.25) is 5.78 Å². The van der Waals surface area contributed by atoms with E-state index < -0.39 is 0 Å². The highest BCUT2D eigenvalue weighted by Crippen LogP contribution is 2.15. The Hall–Kier alpha value is -2.09. The topological polar surface area (TPSA) is 26.3 Å². The van der Waals surface area contributed by atoms with Crippen LogP contribution in [0.15, 0.2) is 48.5 Å². The van der Waals surface area contributed by atoms with Gasteiger partial charge in [0.05, 0.1) is 0 Å². The van der Waals surface area contributed by atoms with Crippen LogP contribution in [-0.4, -0.2) is 12.4 Å². The van der Waals surface area contributed by atoms with Crippen LogP contribution in [0.5, 0.6) is 5.75 Å². The quantitative estimate of drug-likeness (QED) is 0.764. The Morgan fingerprint density at radius 2 is 1.56 bits per heavy atom. The van der Waals surface area contributed by atoms with Crippen molar-refractivity contribution in [1.29, 1.82) is 0 Å². The molecule has 2 aromatic rings. The molecule has 0 atom stereocenters. The molecule has 0 spiro atoms. The fourth-order valence-electron chi connectivity index (χ4n) is 1.99. The fraction of sp³-hybridized carbons (Fsp3) is 0.188. The number of rotatable bonds is 4. The van der Waals surface area contributed by atoms with Crippen LogP contribution in [0.3, 0.4) is 0 Å². The lowest BCUT2D eigenvalue weighted by Crippen LogP contribution is -2.14. The van der Waals surface area contributed by atoms with Crippen LogP contribution in [-0.2, 0) is 0 Å². The number of Topliss-reactive ketones (excluding diaryl/α,β-unsaturated/α-hetero) is 1. The molecule has 0 N–H and O–H groups in total. The second-order valence-electron chi connectivity index (χ2n) is 4.29. The molecule has 0 fully saturated rings. The zero-order valence-corrected chi connectivity index (χ0v) is 10.6. The summed E-state index contributed by atoms with van der Waals surface area (Å²) >= 11 is 0. The molecule has 18 heavy (non-hydrogen) atoms. The molecule has 2 rings (SSSR count). The van der Waals surface area contributed by atoms with Gasteiger partial charge in [0, 0.05) is 5.56 Å². The van der Waals surface area contributed by atoms with E-state index in [1.54, 1.807) is 0 Å². The van der Waals surface area contributed by atoms with Crippen LogP contribution in [0, 0.1) is 13.8 Å². The number of hydrogen-bond donors (Lipinski definition) is 0. The second-order valence-corrected chi connectivity index (χ2v) is 4.29. The SMILES string of the molecule is Cc1cccc(C)c1C(=O)COc1ccccc1. The van der Waals surface area contributed by atoms with Gasteiger partial charge in [-0.2, -0.15) is 0 Å². The minimum absolute atomic E-state index is 0.0226. The predicted octanol–water partition coefficient (Wildman–Crippen LogP) is 3.57. The van der Waals surface area contributed by atoms with E-state index in [9.17, 15) is 4.79 Å².